The summed E-state index contributed by atoms with van der Waals surface area (Å²) in [6.07, 6.45) is -6.91. The Morgan fingerprint density at radius 2 is 1.59 bits per heavy atom. The van der Waals surface area contributed by atoms with Crippen molar-refractivity contribution in [1.82, 2.24) is 10.2 Å². The van der Waals surface area contributed by atoms with E-state index in [1.54, 1.807) is 0 Å². The lowest BCUT2D eigenvalue weighted by molar-refractivity contribution is -0.141. The maximum absolute atomic E-state index is 13.8. The molecular formula is C25H21F7N2O7. The van der Waals surface area contributed by atoms with Crippen molar-refractivity contribution >= 4 is 23.8 Å². The third-order valence-electron chi connectivity index (χ3n) is 6.03. The lowest BCUT2D eigenvalue weighted by Crippen LogP contribution is -2.49. The van der Waals surface area contributed by atoms with Gasteiger partial charge in [-0.2, -0.15) is 22.0 Å². The van der Waals surface area contributed by atoms with E-state index in [1.807, 2.05) is 0 Å². The largest absolute Gasteiger partial charge is 0.481 e. The Labute approximate surface area is 226 Å². The third kappa shape index (κ3) is 7.85. The molecule has 1 fully saturated rings. The number of aliphatic carboxylic acids is 1. The van der Waals surface area contributed by atoms with E-state index < -0.39 is 95.2 Å². The first-order valence-electron chi connectivity index (χ1n) is 11.8. The maximum Gasteiger partial charge on any atom is 0.419 e. The van der Waals surface area contributed by atoms with Crippen molar-refractivity contribution in [1.29, 1.82) is 0 Å². The number of Topliss-reactive ketones (excluding diaryl/α,β-unsaturated/α-hetero) is 1. The van der Waals surface area contributed by atoms with Crippen LogP contribution >= 0.6 is 0 Å². The number of hydrogen-bond donors (Lipinski definition) is 2. The summed E-state index contributed by atoms with van der Waals surface area (Å²) in [5.41, 5.74) is -1.16. The van der Waals surface area contributed by atoms with Gasteiger partial charge in [0.15, 0.2) is 23.2 Å². The van der Waals surface area contributed by atoms with Gasteiger partial charge in [-0.05, 0) is 25.0 Å². The number of amides is 2. The van der Waals surface area contributed by atoms with E-state index in [2.05, 4.69) is 10.1 Å². The fourth-order valence-electron chi connectivity index (χ4n) is 3.90. The van der Waals surface area contributed by atoms with Crippen LogP contribution in [-0.2, 0) is 20.6 Å². The predicted molar refractivity (Wildman–Crippen MR) is 123 cm³/mol. The molecule has 1 atom stereocenters. The van der Waals surface area contributed by atoms with Crippen LogP contribution in [0.15, 0.2) is 30.3 Å². The number of carboxylic acid groups (broad SMARTS) is 1. The van der Waals surface area contributed by atoms with Crippen LogP contribution in [0, 0.1) is 29.2 Å². The predicted octanol–water partition coefficient (Wildman–Crippen LogP) is 4.08. The van der Waals surface area contributed by atoms with Gasteiger partial charge in [0, 0.05) is 25.1 Å². The number of rotatable bonds is 9. The molecule has 1 heterocycles. The molecule has 222 valence electrons. The van der Waals surface area contributed by atoms with Gasteiger partial charge in [0.25, 0.3) is 0 Å². The van der Waals surface area contributed by atoms with Gasteiger partial charge < -0.3 is 24.8 Å². The lowest BCUT2D eigenvalue weighted by atomic mass is 9.95. The highest BCUT2D eigenvalue weighted by Crippen LogP contribution is 2.36. The highest BCUT2D eigenvalue weighted by Gasteiger charge is 2.36. The minimum absolute atomic E-state index is 0.0364. The number of piperidine rings is 1. The van der Waals surface area contributed by atoms with Gasteiger partial charge in [0.2, 0.25) is 17.5 Å². The Kier molecular flexibility index (Phi) is 9.78. The number of halogens is 7. The zero-order valence-electron chi connectivity index (χ0n) is 20.8. The van der Waals surface area contributed by atoms with Crippen molar-refractivity contribution in [2.45, 2.75) is 31.5 Å². The zero-order valence-corrected chi connectivity index (χ0v) is 20.8. The van der Waals surface area contributed by atoms with E-state index in [0.717, 1.165) is 23.1 Å². The molecule has 1 aliphatic heterocycles. The highest BCUT2D eigenvalue weighted by atomic mass is 19.4. The Balaban J connectivity index is 1.58. The average molecular weight is 594 g/mol. The molecule has 2 aromatic rings. The first-order valence-corrected chi connectivity index (χ1v) is 11.8. The molecule has 1 saturated heterocycles. The molecule has 9 nitrogen and oxygen atoms in total. The molecule has 2 amide bonds. The van der Waals surface area contributed by atoms with Crippen LogP contribution in [0.3, 0.4) is 0 Å². The van der Waals surface area contributed by atoms with Gasteiger partial charge in [-0.25, -0.2) is 13.6 Å². The summed E-state index contributed by atoms with van der Waals surface area (Å²) < 4.78 is 103. The molecule has 0 bridgehead atoms. The average Bonchev–Trinajstić information content (AvgIpc) is 2.91. The number of hydrogen-bond acceptors (Lipinski definition) is 6. The quantitative estimate of drug-likeness (QED) is 0.332. The van der Waals surface area contributed by atoms with Crippen molar-refractivity contribution < 1.29 is 64.5 Å². The third-order valence-corrected chi connectivity index (χ3v) is 6.03. The number of ether oxygens (including phenoxy) is 2. The fourth-order valence-corrected chi connectivity index (χ4v) is 3.90. The second-order valence-electron chi connectivity index (χ2n) is 8.83. The van der Waals surface area contributed by atoms with E-state index in [-0.39, 0.29) is 32.0 Å². The van der Waals surface area contributed by atoms with Crippen LogP contribution in [-0.4, -0.2) is 59.5 Å². The number of ketones is 1. The number of nitrogens with zero attached hydrogens (tertiary/aromatic N) is 1. The summed E-state index contributed by atoms with van der Waals surface area (Å²) in [6, 6.07) is 2.24. The van der Waals surface area contributed by atoms with Gasteiger partial charge in [-0.3, -0.25) is 14.4 Å². The van der Waals surface area contributed by atoms with Crippen molar-refractivity contribution in [2.24, 2.45) is 5.92 Å². The first-order chi connectivity index (χ1) is 19.2. The van der Waals surface area contributed by atoms with Gasteiger partial charge >= 0.3 is 18.2 Å². The first kappa shape index (κ1) is 31.2. The second-order valence-corrected chi connectivity index (χ2v) is 8.83. The number of likely N-dealkylation sites (tertiary alicyclic amines) is 1. The molecule has 0 saturated carbocycles. The van der Waals surface area contributed by atoms with Crippen LogP contribution in [0.2, 0.25) is 0 Å². The molecule has 0 spiro atoms. The van der Waals surface area contributed by atoms with Crippen LogP contribution in [0.1, 0.15) is 24.8 Å². The van der Waals surface area contributed by atoms with Gasteiger partial charge in [-0.15, -0.1) is 0 Å². The molecule has 0 radical (unpaired) electrons. The van der Waals surface area contributed by atoms with Crippen LogP contribution in [0.5, 0.6) is 11.5 Å². The molecule has 0 unspecified atom stereocenters. The zero-order chi connectivity index (χ0) is 30.5. The summed E-state index contributed by atoms with van der Waals surface area (Å²) in [7, 11) is 0. The van der Waals surface area contributed by atoms with Crippen LogP contribution in [0.4, 0.5) is 35.5 Å². The van der Waals surface area contributed by atoms with Gasteiger partial charge in [-0.1, -0.05) is 12.1 Å². The Hall–Kier alpha value is -4.37. The summed E-state index contributed by atoms with van der Waals surface area (Å²) >= 11 is 0. The van der Waals surface area contributed by atoms with Gasteiger partial charge in [0.1, 0.15) is 18.4 Å². The van der Waals surface area contributed by atoms with Crippen molar-refractivity contribution in [3.8, 4) is 11.5 Å². The summed E-state index contributed by atoms with van der Waals surface area (Å²) in [4.78, 5) is 49.9. The molecular weight excluding hydrogens is 573 g/mol. The lowest BCUT2D eigenvalue weighted by Gasteiger charge is -2.31. The Morgan fingerprint density at radius 1 is 1.00 bits per heavy atom. The van der Waals surface area contributed by atoms with Crippen molar-refractivity contribution in [2.75, 3.05) is 19.7 Å². The highest BCUT2D eigenvalue weighted by molar-refractivity contribution is 5.93. The minimum atomic E-state index is -4.77. The Morgan fingerprint density at radius 3 is 2.15 bits per heavy atom. The van der Waals surface area contributed by atoms with E-state index >= 15 is 0 Å². The molecule has 16 heteroatoms. The van der Waals surface area contributed by atoms with Crippen LogP contribution < -0.4 is 14.8 Å². The van der Waals surface area contributed by atoms with Crippen LogP contribution in [0.25, 0.3) is 0 Å². The molecule has 2 aromatic carbocycles. The molecule has 3 rings (SSSR count). The van der Waals surface area contributed by atoms with E-state index in [4.69, 9.17) is 9.84 Å². The number of para-hydroxylation sites is 1. The number of alkyl halides is 3. The van der Waals surface area contributed by atoms with E-state index in [0.29, 0.717) is 0 Å². The standard InChI is InChI=1S/C25H21F7N2O7/c26-14-9-15(27)21(29)22(20(14)28)40-11-17(35)16(10-19(36)37)33-23(38)12-5-7-34(8-6-12)24(39)41-18-4-2-1-3-13(18)25(30,31)32/h1-4,9,12,16H,5-8,10-11H2,(H,33,38)(H,36,37)/t16-/m0/s1. The van der Waals surface area contributed by atoms with E-state index in [9.17, 15) is 49.9 Å². The molecule has 0 aliphatic carbocycles. The number of carboxylic acids is 1. The van der Waals surface area contributed by atoms with Crippen molar-refractivity contribution in [3.63, 3.8) is 0 Å². The Bertz CT molecular complexity index is 1300. The van der Waals surface area contributed by atoms with Crippen molar-refractivity contribution in [3.05, 3.63) is 59.2 Å². The minimum Gasteiger partial charge on any atom is -0.481 e. The normalized spacial score (nSPS) is 14.8. The molecule has 41 heavy (non-hydrogen) atoms. The molecule has 0 aromatic heterocycles. The number of benzene rings is 2. The second kappa shape index (κ2) is 12.9. The molecule has 2 N–H and O–H groups in total. The number of carbonyl (C=O) groups is 4. The van der Waals surface area contributed by atoms with E-state index in [1.165, 1.54) is 6.07 Å². The van der Waals surface area contributed by atoms with Gasteiger partial charge in [0.05, 0.1) is 12.0 Å². The fraction of sp³-hybridized carbons (Fsp3) is 0.360. The maximum atomic E-state index is 13.8. The number of nitrogens with one attached hydrogen (secondary N) is 1. The molecule has 1 aliphatic rings. The summed E-state index contributed by atoms with van der Waals surface area (Å²) in [5, 5.41) is 11.3. The summed E-state index contributed by atoms with van der Waals surface area (Å²) in [6.45, 7) is -1.51. The SMILES string of the molecule is O=C(O)C[C@H](NC(=O)C1CCN(C(=O)Oc2ccccc2C(F)(F)F)CC1)C(=O)COc1c(F)c(F)cc(F)c1F. The topological polar surface area (TPSA) is 122 Å². The smallest absolute Gasteiger partial charge is 0.419 e. The number of carbonyl (C=O) groups excluding carboxylic acids is 3. The monoisotopic (exact) mass is 594 g/mol. The summed E-state index contributed by atoms with van der Waals surface area (Å²) in [5.74, 6) is -14.1.